The maximum Gasteiger partial charge on any atom is 0.306 e. The van der Waals surface area contributed by atoms with Crippen molar-refractivity contribution in [1.29, 1.82) is 0 Å². The lowest BCUT2D eigenvalue weighted by atomic mass is 9.64. The summed E-state index contributed by atoms with van der Waals surface area (Å²) >= 11 is 0. The molecule has 44 heavy (non-hydrogen) atoms. The minimum atomic E-state index is -1.26. The number of carbonyl (C=O) groups is 3. The predicted octanol–water partition coefficient (Wildman–Crippen LogP) is 3.50. The van der Waals surface area contributed by atoms with Gasteiger partial charge in [0.25, 0.3) is 5.91 Å². The van der Waals surface area contributed by atoms with Crippen molar-refractivity contribution in [3.05, 3.63) is 11.8 Å². The molecule has 10 heteroatoms. The van der Waals surface area contributed by atoms with Gasteiger partial charge in [0.2, 0.25) is 0 Å². The number of rotatable bonds is 8. The lowest BCUT2D eigenvalue weighted by Crippen LogP contribution is -2.73. The van der Waals surface area contributed by atoms with E-state index in [-0.39, 0.29) is 53.8 Å². The Balaban J connectivity index is 1.25. The summed E-state index contributed by atoms with van der Waals surface area (Å²) in [5, 5.41) is 2.92. The van der Waals surface area contributed by atoms with Crippen molar-refractivity contribution in [3.63, 3.8) is 0 Å². The number of nitrogens with zero attached hydrogens (tertiary/aromatic N) is 2. The lowest BCUT2D eigenvalue weighted by Gasteiger charge is -2.61. The van der Waals surface area contributed by atoms with Crippen LogP contribution < -0.4 is 11.1 Å². The van der Waals surface area contributed by atoms with Crippen molar-refractivity contribution in [2.45, 2.75) is 134 Å². The molecule has 3 N–H and O–H groups in total. The molecule has 9 unspecified atom stereocenters. The fourth-order valence-electron chi connectivity index (χ4n) is 9.35. The number of unbranched alkanes of at least 4 members (excludes halogenated alkanes) is 1. The molecule has 9 nitrogen and oxygen atoms in total. The monoisotopic (exact) mass is 616 g/mol. The van der Waals surface area contributed by atoms with Gasteiger partial charge in [0.1, 0.15) is 11.8 Å². The van der Waals surface area contributed by atoms with Gasteiger partial charge in [-0.25, -0.2) is 4.39 Å². The second kappa shape index (κ2) is 13.0. The summed E-state index contributed by atoms with van der Waals surface area (Å²) in [5.41, 5.74) is 5.24. The van der Waals surface area contributed by atoms with E-state index in [1.807, 2.05) is 27.0 Å². The highest BCUT2D eigenvalue weighted by atomic mass is 19.1. The molecule has 0 radical (unpaired) electrons. The van der Waals surface area contributed by atoms with Crippen LogP contribution >= 0.6 is 0 Å². The van der Waals surface area contributed by atoms with Crippen molar-refractivity contribution in [3.8, 4) is 0 Å². The lowest BCUT2D eigenvalue weighted by molar-refractivity contribution is -0.219. The van der Waals surface area contributed by atoms with Gasteiger partial charge in [0, 0.05) is 31.6 Å². The summed E-state index contributed by atoms with van der Waals surface area (Å²) in [4.78, 5) is 44.3. The second-order valence-corrected chi connectivity index (χ2v) is 15.4. The van der Waals surface area contributed by atoms with E-state index in [1.165, 1.54) is 25.7 Å². The number of likely N-dealkylation sites (tertiary alicyclic amines) is 1. The van der Waals surface area contributed by atoms with E-state index in [2.05, 4.69) is 15.1 Å². The number of ketones is 1. The molecule has 0 bridgehead atoms. The minimum Gasteiger partial charge on any atom is -0.460 e. The first-order valence-electron chi connectivity index (χ1n) is 17.3. The predicted molar refractivity (Wildman–Crippen MR) is 164 cm³/mol. The average molecular weight is 617 g/mol. The van der Waals surface area contributed by atoms with Gasteiger partial charge in [-0.3, -0.25) is 19.3 Å². The van der Waals surface area contributed by atoms with Crippen molar-refractivity contribution >= 4 is 17.7 Å². The number of morpholine rings is 1. The molecule has 0 aromatic heterocycles. The summed E-state index contributed by atoms with van der Waals surface area (Å²) in [6.45, 7) is 7.93. The zero-order valence-corrected chi connectivity index (χ0v) is 26.8. The van der Waals surface area contributed by atoms with E-state index in [1.54, 1.807) is 0 Å². The number of hydrogen-bond acceptors (Lipinski definition) is 8. The van der Waals surface area contributed by atoms with Gasteiger partial charge in [-0.1, -0.05) is 25.7 Å². The third kappa shape index (κ3) is 6.45. The molecule has 0 aromatic rings. The summed E-state index contributed by atoms with van der Waals surface area (Å²) < 4.78 is 29.0. The number of halogens is 1. The van der Waals surface area contributed by atoms with Gasteiger partial charge >= 0.3 is 5.97 Å². The van der Waals surface area contributed by atoms with Gasteiger partial charge in [0.05, 0.1) is 35.9 Å². The highest BCUT2D eigenvalue weighted by molar-refractivity contribution is 6.20. The van der Waals surface area contributed by atoms with Crippen molar-refractivity contribution in [2.75, 3.05) is 26.2 Å². The highest BCUT2D eigenvalue weighted by Gasteiger charge is 2.61. The summed E-state index contributed by atoms with van der Waals surface area (Å²) in [6, 6.07) is -0.693. The van der Waals surface area contributed by atoms with Crippen LogP contribution in [-0.4, -0.2) is 95.7 Å². The van der Waals surface area contributed by atoms with E-state index in [9.17, 15) is 14.4 Å². The van der Waals surface area contributed by atoms with E-state index < -0.39 is 29.8 Å². The summed E-state index contributed by atoms with van der Waals surface area (Å²) in [7, 11) is 0. The molecule has 0 spiro atoms. The third-order valence-electron chi connectivity index (χ3n) is 11.2. The molecule has 3 aliphatic heterocycles. The first-order chi connectivity index (χ1) is 21.0. The number of Topliss-reactive ketones (excluding diaryl/α,β-unsaturated/α-hetero) is 1. The molecule has 5 fully saturated rings. The standard InChI is InChI=1S/C34H53FN4O5/c1-34(2,3)44-28(40)14-20-10-13-38(18-20)30-25(35)17-23-29-32(30)43-27-16-22-9-5-4-8-21(22)15-26(27)39(29)19-24(31(23)41)33(42)37-12-7-6-11-36/h19-23,25-27,29-30,32H,4-18,36H2,1-3H3,(H,37,42)/t20-,21?,22?,23?,25?,26?,27?,29?,30?,32?/m0/s1. The number of ether oxygens (including phenoxy) is 2. The van der Waals surface area contributed by atoms with Crippen LogP contribution in [0.15, 0.2) is 11.8 Å². The molecule has 6 aliphatic rings. The van der Waals surface area contributed by atoms with Crippen molar-refractivity contribution in [2.24, 2.45) is 29.4 Å². The maximum atomic E-state index is 16.4. The Morgan fingerprint density at radius 3 is 2.57 bits per heavy atom. The van der Waals surface area contributed by atoms with Crippen LogP contribution in [-0.2, 0) is 23.9 Å². The fraction of sp³-hybridized carbons (Fsp3) is 0.853. The SMILES string of the molecule is CC(C)(C)OC(=O)C[C@@H]1CCN(C2C(F)CC3C(=O)C(C(=O)NCCCCN)=CN4C5CC6CCCCC6CC5OC2C34)C1. The van der Waals surface area contributed by atoms with E-state index in [4.69, 9.17) is 15.2 Å². The maximum absolute atomic E-state index is 16.4. The number of amides is 1. The van der Waals surface area contributed by atoms with Crippen molar-refractivity contribution in [1.82, 2.24) is 15.1 Å². The number of hydrogen-bond donors (Lipinski definition) is 2. The molecule has 3 saturated carbocycles. The topological polar surface area (TPSA) is 114 Å². The molecule has 10 atom stereocenters. The number of carbonyl (C=O) groups excluding carboxylic acids is 3. The zero-order valence-electron chi connectivity index (χ0n) is 26.8. The first-order valence-corrected chi connectivity index (χ1v) is 17.3. The number of nitrogens with one attached hydrogen (secondary N) is 1. The highest BCUT2D eigenvalue weighted by Crippen LogP contribution is 2.51. The second-order valence-electron chi connectivity index (χ2n) is 15.4. The van der Waals surface area contributed by atoms with Gasteiger partial charge in [0.15, 0.2) is 5.78 Å². The normalized spacial score (nSPS) is 38.7. The Morgan fingerprint density at radius 1 is 1.09 bits per heavy atom. The molecule has 246 valence electrons. The molecule has 1 amide bonds. The first kappa shape index (κ1) is 31.9. The van der Waals surface area contributed by atoms with E-state index in [0.29, 0.717) is 44.4 Å². The van der Waals surface area contributed by atoms with Crippen LogP contribution in [0.25, 0.3) is 0 Å². The fourth-order valence-corrected chi connectivity index (χ4v) is 9.35. The third-order valence-corrected chi connectivity index (χ3v) is 11.2. The summed E-state index contributed by atoms with van der Waals surface area (Å²) in [6.07, 6.45) is 9.68. The Kier molecular flexibility index (Phi) is 9.42. The molecule has 2 saturated heterocycles. The molecule has 3 heterocycles. The number of esters is 1. The number of alkyl halides is 1. The molecular formula is C34H53FN4O5. The van der Waals surface area contributed by atoms with Gasteiger partial charge < -0.3 is 25.4 Å². The molecular weight excluding hydrogens is 563 g/mol. The van der Waals surface area contributed by atoms with Crippen LogP contribution in [0.5, 0.6) is 0 Å². The van der Waals surface area contributed by atoms with Crippen LogP contribution in [0.3, 0.4) is 0 Å². The van der Waals surface area contributed by atoms with Crippen LogP contribution in [0.1, 0.15) is 91.4 Å². The van der Waals surface area contributed by atoms with Gasteiger partial charge in [-0.05, 0) is 90.1 Å². The van der Waals surface area contributed by atoms with Gasteiger partial charge in [-0.15, -0.1) is 0 Å². The van der Waals surface area contributed by atoms with Crippen LogP contribution in [0.4, 0.5) is 4.39 Å². The number of fused-ring (bicyclic) bond motifs is 3. The average Bonchev–Trinajstić information content (AvgIpc) is 3.41. The molecule has 6 rings (SSSR count). The number of nitrogens with two attached hydrogens (primary N) is 1. The summed E-state index contributed by atoms with van der Waals surface area (Å²) in [5.74, 6) is -0.109. The Morgan fingerprint density at radius 2 is 1.84 bits per heavy atom. The van der Waals surface area contributed by atoms with Gasteiger partial charge in [-0.2, -0.15) is 0 Å². The zero-order chi connectivity index (χ0) is 31.2. The minimum absolute atomic E-state index is 0.0532. The smallest absolute Gasteiger partial charge is 0.306 e. The molecule has 0 aromatic carbocycles. The Labute approximate surface area is 261 Å². The Bertz CT molecular complexity index is 1130. The largest absolute Gasteiger partial charge is 0.460 e. The quantitative estimate of drug-likeness (QED) is 0.242. The van der Waals surface area contributed by atoms with Crippen LogP contribution in [0.2, 0.25) is 0 Å². The van der Waals surface area contributed by atoms with E-state index in [0.717, 1.165) is 32.1 Å². The Hall–Kier alpha value is -2.04. The van der Waals surface area contributed by atoms with Crippen molar-refractivity contribution < 1.29 is 28.2 Å². The molecule has 3 aliphatic carbocycles. The van der Waals surface area contributed by atoms with E-state index >= 15 is 4.39 Å². The van der Waals surface area contributed by atoms with Crippen LogP contribution in [0, 0.1) is 23.7 Å².